The standard InChI is InChI=1S/C13H23N3O/c1-9(2)12(17-5)13-15-7-11(8-16-13)6-14-10(3)4/h7-10,12,14H,6H2,1-5H3. The first kappa shape index (κ1) is 14.1. The van der Waals surface area contributed by atoms with Crippen LogP contribution in [0.4, 0.5) is 0 Å². The molecule has 4 heteroatoms. The molecule has 1 aromatic rings. The van der Waals surface area contributed by atoms with Crippen LogP contribution in [0.15, 0.2) is 12.4 Å². The third-order valence-electron chi connectivity index (χ3n) is 2.55. The van der Waals surface area contributed by atoms with Gasteiger partial charge in [0.1, 0.15) is 6.10 Å². The van der Waals surface area contributed by atoms with Crippen molar-refractivity contribution in [1.29, 1.82) is 0 Å². The highest BCUT2D eigenvalue weighted by Crippen LogP contribution is 2.21. The van der Waals surface area contributed by atoms with Crippen LogP contribution in [0, 0.1) is 5.92 Å². The number of hydrogen-bond acceptors (Lipinski definition) is 4. The van der Waals surface area contributed by atoms with Crippen molar-refractivity contribution >= 4 is 0 Å². The van der Waals surface area contributed by atoms with Gasteiger partial charge in [0.2, 0.25) is 0 Å². The number of aromatic nitrogens is 2. The summed E-state index contributed by atoms with van der Waals surface area (Å²) >= 11 is 0. The molecule has 0 aromatic carbocycles. The second kappa shape index (κ2) is 6.67. The van der Waals surface area contributed by atoms with Gasteiger partial charge in [0, 0.05) is 37.7 Å². The Morgan fingerprint density at radius 3 is 2.18 bits per heavy atom. The van der Waals surface area contributed by atoms with Crippen molar-refractivity contribution in [2.45, 2.75) is 46.4 Å². The highest BCUT2D eigenvalue weighted by Gasteiger charge is 2.17. The van der Waals surface area contributed by atoms with Crippen LogP contribution in [0.3, 0.4) is 0 Å². The molecule has 1 atom stereocenters. The summed E-state index contributed by atoms with van der Waals surface area (Å²) in [4.78, 5) is 8.75. The van der Waals surface area contributed by atoms with Crippen molar-refractivity contribution in [3.8, 4) is 0 Å². The Kier molecular flexibility index (Phi) is 5.51. The zero-order valence-electron chi connectivity index (χ0n) is 11.4. The number of ether oxygens (including phenoxy) is 1. The van der Waals surface area contributed by atoms with Gasteiger partial charge in [-0.2, -0.15) is 0 Å². The highest BCUT2D eigenvalue weighted by atomic mass is 16.5. The molecular formula is C13H23N3O. The molecule has 1 N–H and O–H groups in total. The molecular weight excluding hydrogens is 214 g/mol. The molecule has 0 aliphatic rings. The minimum atomic E-state index is -0.0258. The molecule has 17 heavy (non-hydrogen) atoms. The molecule has 0 radical (unpaired) electrons. The number of nitrogens with zero attached hydrogens (tertiary/aromatic N) is 2. The van der Waals surface area contributed by atoms with E-state index < -0.39 is 0 Å². The van der Waals surface area contributed by atoms with Crippen LogP contribution in [-0.4, -0.2) is 23.1 Å². The smallest absolute Gasteiger partial charge is 0.157 e. The van der Waals surface area contributed by atoms with E-state index in [1.165, 1.54) is 0 Å². The molecule has 0 bridgehead atoms. The highest BCUT2D eigenvalue weighted by molar-refractivity contribution is 5.06. The van der Waals surface area contributed by atoms with E-state index in [-0.39, 0.29) is 6.10 Å². The number of hydrogen-bond donors (Lipinski definition) is 1. The number of methoxy groups -OCH3 is 1. The fourth-order valence-electron chi connectivity index (χ4n) is 1.60. The van der Waals surface area contributed by atoms with Crippen molar-refractivity contribution in [1.82, 2.24) is 15.3 Å². The first-order chi connectivity index (χ1) is 8.04. The Hall–Kier alpha value is -1.00. The zero-order chi connectivity index (χ0) is 12.8. The fraction of sp³-hybridized carbons (Fsp3) is 0.692. The lowest BCUT2D eigenvalue weighted by molar-refractivity contribution is 0.0574. The molecule has 1 aromatic heterocycles. The van der Waals surface area contributed by atoms with E-state index in [0.717, 1.165) is 17.9 Å². The maximum atomic E-state index is 5.40. The molecule has 1 rings (SSSR count). The Morgan fingerprint density at radius 1 is 1.18 bits per heavy atom. The van der Waals surface area contributed by atoms with Crippen LogP contribution in [0.1, 0.15) is 45.2 Å². The summed E-state index contributed by atoms with van der Waals surface area (Å²) in [6, 6.07) is 0.470. The quantitative estimate of drug-likeness (QED) is 0.825. The van der Waals surface area contributed by atoms with Crippen LogP contribution in [0.2, 0.25) is 0 Å². The Balaban J connectivity index is 2.66. The zero-order valence-corrected chi connectivity index (χ0v) is 11.4. The number of rotatable bonds is 6. The van der Waals surface area contributed by atoms with Crippen LogP contribution in [-0.2, 0) is 11.3 Å². The van der Waals surface area contributed by atoms with Gasteiger partial charge in [-0.25, -0.2) is 9.97 Å². The second-order valence-electron chi connectivity index (χ2n) is 4.89. The Morgan fingerprint density at radius 2 is 1.76 bits per heavy atom. The van der Waals surface area contributed by atoms with Crippen LogP contribution in [0.25, 0.3) is 0 Å². The summed E-state index contributed by atoms with van der Waals surface area (Å²) in [5.41, 5.74) is 1.10. The van der Waals surface area contributed by atoms with E-state index in [2.05, 4.69) is 43.0 Å². The third-order valence-corrected chi connectivity index (χ3v) is 2.55. The normalized spacial score (nSPS) is 13.4. The van der Waals surface area contributed by atoms with Gasteiger partial charge < -0.3 is 10.1 Å². The van der Waals surface area contributed by atoms with Crippen molar-refractivity contribution < 1.29 is 4.74 Å². The van der Waals surface area contributed by atoms with Gasteiger partial charge in [-0.1, -0.05) is 27.7 Å². The van der Waals surface area contributed by atoms with Gasteiger partial charge >= 0.3 is 0 Å². The predicted octanol–water partition coefficient (Wildman–Crippen LogP) is 2.32. The molecule has 1 heterocycles. The van der Waals surface area contributed by atoms with E-state index in [1.807, 2.05) is 12.4 Å². The molecule has 0 saturated heterocycles. The summed E-state index contributed by atoms with van der Waals surface area (Å²) in [6.45, 7) is 9.25. The molecule has 96 valence electrons. The Labute approximate surface area is 104 Å². The summed E-state index contributed by atoms with van der Waals surface area (Å²) < 4.78 is 5.40. The molecule has 0 saturated carbocycles. The van der Waals surface area contributed by atoms with Gasteiger partial charge in [-0.05, 0) is 5.92 Å². The van der Waals surface area contributed by atoms with Crippen molar-refractivity contribution in [2.24, 2.45) is 5.92 Å². The molecule has 0 spiro atoms. The minimum absolute atomic E-state index is 0.0258. The predicted molar refractivity (Wildman–Crippen MR) is 68.6 cm³/mol. The fourth-order valence-corrected chi connectivity index (χ4v) is 1.60. The molecule has 1 unspecified atom stereocenters. The monoisotopic (exact) mass is 237 g/mol. The van der Waals surface area contributed by atoms with Crippen LogP contribution < -0.4 is 5.32 Å². The van der Waals surface area contributed by atoms with E-state index in [4.69, 9.17) is 4.74 Å². The van der Waals surface area contributed by atoms with E-state index >= 15 is 0 Å². The van der Waals surface area contributed by atoms with Gasteiger partial charge in [-0.3, -0.25) is 0 Å². The first-order valence-electron chi connectivity index (χ1n) is 6.11. The molecule has 0 fully saturated rings. The maximum absolute atomic E-state index is 5.40. The van der Waals surface area contributed by atoms with Gasteiger partial charge in [-0.15, -0.1) is 0 Å². The molecule has 0 amide bonds. The van der Waals surface area contributed by atoms with Crippen molar-refractivity contribution in [3.05, 3.63) is 23.8 Å². The number of nitrogens with one attached hydrogen (secondary N) is 1. The van der Waals surface area contributed by atoms with E-state index in [0.29, 0.717) is 12.0 Å². The SMILES string of the molecule is COC(c1ncc(CNC(C)C)cn1)C(C)C. The first-order valence-corrected chi connectivity index (χ1v) is 6.11. The lowest BCUT2D eigenvalue weighted by atomic mass is 10.1. The van der Waals surface area contributed by atoms with Crippen LogP contribution >= 0.6 is 0 Å². The lowest BCUT2D eigenvalue weighted by Gasteiger charge is -2.17. The maximum Gasteiger partial charge on any atom is 0.157 e. The van der Waals surface area contributed by atoms with Crippen molar-refractivity contribution in [2.75, 3.05) is 7.11 Å². The lowest BCUT2D eigenvalue weighted by Crippen LogP contribution is -2.22. The van der Waals surface area contributed by atoms with Crippen LogP contribution in [0.5, 0.6) is 0 Å². The van der Waals surface area contributed by atoms with Gasteiger partial charge in [0.15, 0.2) is 5.82 Å². The summed E-state index contributed by atoms with van der Waals surface area (Å²) in [5, 5.41) is 3.34. The average molecular weight is 237 g/mol. The average Bonchev–Trinajstić information content (AvgIpc) is 2.28. The van der Waals surface area contributed by atoms with Crippen molar-refractivity contribution in [3.63, 3.8) is 0 Å². The molecule has 0 aliphatic heterocycles. The van der Waals surface area contributed by atoms with Gasteiger partial charge in [0.25, 0.3) is 0 Å². The second-order valence-corrected chi connectivity index (χ2v) is 4.89. The van der Waals surface area contributed by atoms with E-state index in [9.17, 15) is 0 Å². The summed E-state index contributed by atoms with van der Waals surface area (Å²) in [6.07, 6.45) is 3.71. The topological polar surface area (TPSA) is 47.0 Å². The minimum Gasteiger partial charge on any atom is -0.373 e. The van der Waals surface area contributed by atoms with Gasteiger partial charge in [0.05, 0.1) is 0 Å². The Bertz CT molecular complexity index is 322. The summed E-state index contributed by atoms with van der Waals surface area (Å²) in [7, 11) is 1.70. The molecule has 0 aliphatic carbocycles. The van der Waals surface area contributed by atoms with E-state index in [1.54, 1.807) is 7.11 Å². The molecule has 4 nitrogen and oxygen atoms in total. The third kappa shape index (κ3) is 4.40. The summed E-state index contributed by atoms with van der Waals surface area (Å²) in [5.74, 6) is 1.13. The largest absolute Gasteiger partial charge is 0.373 e.